The summed E-state index contributed by atoms with van der Waals surface area (Å²) in [5.74, 6) is 0.988. The third-order valence-electron chi connectivity index (χ3n) is 3.59. The zero-order chi connectivity index (χ0) is 13.3. The Morgan fingerprint density at radius 1 is 1.16 bits per heavy atom. The van der Waals surface area contributed by atoms with Crippen LogP contribution in [0.3, 0.4) is 0 Å². The van der Waals surface area contributed by atoms with Gasteiger partial charge in [0.25, 0.3) is 0 Å². The molecule has 1 saturated heterocycles. The van der Waals surface area contributed by atoms with Crippen LogP contribution >= 0.6 is 0 Å². The van der Waals surface area contributed by atoms with E-state index < -0.39 is 0 Å². The Hall–Kier alpha value is -1.06. The molecule has 0 amide bonds. The van der Waals surface area contributed by atoms with E-state index in [0.29, 0.717) is 0 Å². The van der Waals surface area contributed by atoms with Crippen LogP contribution in [0, 0.1) is 0 Å². The van der Waals surface area contributed by atoms with Crippen LogP contribution in [0.15, 0.2) is 24.3 Å². The fraction of sp³-hybridized carbons (Fsp3) is 0.625. The van der Waals surface area contributed by atoms with Crippen LogP contribution in [0.25, 0.3) is 0 Å². The lowest BCUT2D eigenvalue weighted by Crippen LogP contribution is -2.21. The van der Waals surface area contributed by atoms with E-state index >= 15 is 0 Å². The van der Waals surface area contributed by atoms with Gasteiger partial charge in [-0.2, -0.15) is 0 Å². The molecule has 106 valence electrons. The van der Waals surface area contributed by atoms with Gasteiger partial charge in [0, 0.05) is 13.1 Å². The number of hydrogen-bond acceptors (Lipinski definition) is 3. The molecular formula is C16H26N2O. The number of benzene rings is 1. The van der Waals surface area contributed by atoms with Crippen LogP contribution < -0.4 is 10.1 Å². The van der Waals surface area contributed by atoms with Gasteiger partial charge in [-0.1, -0.05) is 19.1 Å². The first kappa shape index (κ1) is 14.4. The second-order valence-corrected chi connectivity index (χ2v) is 5.18. The number of nitrogens with zero attached hydrogens (tertiary/aromatic N) is 1. The van der Waals surface area contributed by atoms with Gasteiger partial charge in [-0.15, -0.1) is 0 Å². The van der Waals surface area contributed by atoms with E-state index in [9.17, 15) is 0 Å². The minimum Gasteiger partial charge on any atom is -0.494 e. The van der Waals surface area contributed by atoms with Gasteiger partial charge in [-0.3, -0.25) is 0 Å². The van der Waals surface area contributed by atoms with Crippen LogP contribution in [0.5, 0.6) is 5.75 Å². The molecule has 0 unspecified atom stereocenters. The fourth-order valence-electron chi connectivity index (χ4n) is 2.46. The largest absolute Gasteiger partial charge is 0.494 e. The lowest BCUT2D eigenvalue weighted by Gasteiger charge is -2.14. The maximum Gasteiger partial charge on any atom is 0.119 e. The van der Waals surface area contributed by atoms with Crippen molar-refractivity contribution in [1.29, 1.82) is 0 Å². The van der Waals surface area contributed by atoms with Crippen molar-refractivity contribution in [2.75, 3.05) is 32.8 Å². The molecule has 0 aromatic heterocycles. The van der Waals surface area contributed by atoms with Crippen LogP contribution in [-0.4, -0.2) is 37.7 Å². The average Bonchev–Trinajstić information content (AvgIpc) is 2.96. The predicted octanol–water partition coefficient (Wildman–Crippen LogP) is 2.66. The van der Waals surface area contributed by atoms with Crippen LogP contribution in [0.1, 0.15) is 31.7 Å². The standard InChI is InChI=1S/C16H26N2O/c1-2-17-14-15-6-8-16(9-7-15)19-13-5-12-18-10-3-4-11-18/h6-9,17H,2-5,10-14H2,1H3. The molecule has 1 aliphatic rings. The quantitative estimate of drug-likeness (QED) is 0.729. The van der Waals surface area contributed by atoms with Crippen molar-refractivity contribution in [2.45, 2.75) is 32.7 Å². The van der Waals surface area contributed by atoms with Crippen molar-refractivity contribution < 1.29 is 4.74 Å². The monoisotopic (exact) mass is 262 g/mol. The van der Waals surface area contributed by atoms with Gasteiger partial charge in [-0.25, -0.2) is 0 Å². The summed E-state index contributed by atoms with van der Waals surface area (Å²) in [6.07, 6.45) is 3.86. The molecule has 2 rings (SSSR count). The molecule has 0 aliphatic carbocycles. The molecule has 3 heteroatoms. The normalized spacial score (nSPS) is 15.8. The minimum atomic E-state index is 0.822. The van der Waals surface area contributed by atoms with Crippen molar-refractivity contribution in [3.63, 3.8) is 0 Å². The summed E-state index contributed by atoms with van der Waals surface area (Å²) in [7, 11) is 0. The van der Waals surface area contributed by atoms with E-state index in [1.54, 1.807) is 0 Å². The number of hydrogen-bond donors (Lipinski definition) is 1. The van der Waals surface area contributed by atoms with Crippen LogP contribution in [0.4, 0.5) is 0 Å². The molecule has 1 aromatic rings. The second-order valence-electron chi connectivity index (χ2n) is 5.18. The molecule has 0 atom stereocenters. The highest BCUT2D eigenvalue weighted by Crippen LogP contribution is 2.13. The smallest absolute Gasteiger partial charge is 0.119 e. The lowest BCUT2D eigenvalue weighted by atomic mass is 10.2. The first-order chi connectivity index (χ1) is 9.38. The Kier molecular flexibility index (Phi) is 6.18. The second kappa shape index (κ2) is 8.18. The van der Waals surface area contributed by atoms with E-state index in [-0.39, 0.29) is 0 Å². The minimum absolute atomic E-state index is 0.822. The average molecular weight is 262 g/mol. The molecule has 1 aromatic carbocycles. The first-order valence-corrected chi connectivity index (χ1v) is 7.53. The zero-order valence-electron chi connectivity index (χ0n) is 12.0. The topological polar surface area (TPSA) is 24.5 Å². The maximum absolute atomic E-state index is 5.78. The molecule has 1 heterocycles. The third kappa shape index (κ3) is 5.21. The molecular weight excluding hydrogens is 236 g/mol. The summed E-state index contributed by atoms with van der Waals surface area (Å²) in [6, 6.07) is 8.42. The Labute approximate surface area is 116 Å². The van der Waals surface area contributed by atoms with E-state index in [0.717, 1.165) is 31.9 Å². The summed E-state index contributed by atoms with van der Waals surface area (Å²) in [5, 5.41) is 3.32. The number of rotatable bonds is 8. The summed E-state index contributed by atoms with van der Waals surface area (Å²) in [5.41, 5.74) is 1.31. The highest BCUT2D eigenvalue weighted by molar-refractivity contribution is 5.27. The van der Waals surface area contributed by atoms with Gasteiger partial charge in [0.05, 0.1) is 6.61 Å². The summed E-state index contributed by atoms with van der Waals surface area (Å²) >= 11 is 0. The van der Waals surface area contributed by atoms with Gasteiger partial charge < -0.3 is 15.0 Å². The van der Waals surface area contributed by atoms with Gasteiger partial charge in [0.2, 0.25) is 0 Å². The summed E-state index contributed by atoms with van der Waals surface area (Å²) in [6.45, 7) is 8.62. The molecule has 0 saturated carbocycles. The highest BCUT2D eigenvalue weighted by atomic mass is 16.5. The maximum atomic E-state index is 5.78. The highest BCUT2D eigenvalue weighted by Gasteiger charge is 2.10. The lowest BCUT2D eigenvalue weighted by molar-refractivity contribution is 0.263. The van der Waals surface area contributed by atoms with Crippen LogP contribution in [-0.2, 0) is 6.54 Å². The van der Waals surface area contributed by atoms with Crippen molar-refractivity contribution >= 4 is 0 Å². The molecule has 19 heavy (non-hydrogen) atoms. The number of nitrogens with one attached hydrogen (secondary N) is 1. The van der Waals surface area contributed by atoms with Crippen molar-refractivity contribution in [1.82, 2.24) is 10.2 Å². The molecule has 0 radical (unpaired) electrons. The van der Waals surface area contributed by atoms with Crippen molar-refractivity contribution in [3.05, 3.63) is 29.8 Å². The SMILES string of the molecule is CCNCc1ccc(OCCCN2CCCC2)cc1. The molecule has 1 N–H and O–H groups in total. The van der Waals surface area contributed by atoms with E-state index in [2.05, 4.69) is 41.4 Å². The fourth-order valence-corrected chi connectivity index (χ4v) is 2.46. The van der Waals surface area contributed by atoms with Gasteiger partial charge in [0.1, 0.15) is 5.75 Å². The van der Waals surface area contributed by atoms with Gasteiger partial charge in [-0.05, 0) is 56.6 Å². The Morgan fingerprint density at radius 2 is 1.89 bits per heavy atom. The summed E-state index contributed by atoms with van der Waals surface area (Å²) in [4.78, 5) is 2.53. The van der Waals surface area contributed by atoms with Gasteiger partial charge >= 0.3 is 0 Å². The predicted molar refractivity (Wildman–Crippen MR) is 79.6 cm³/mol. The Bertz CT molecular complexity index is 344. The van der Waals surface area contributed by atoms with Gasteiger partial charge in [0.15, 0.2) is 0 Å². The van der Waals surface area contributed by atoms with Crippen molar-refractivity contribution in [2.24, 2.45) is 0 Å². The molecule has 0 bridgehead atoms. The molecule has 1 aliphatic heterocycles. The molecule has 1 fully saturated rings. The molecule has 3 nitrogen and oxygen atoms in total. The van der Waals surface area contributed by atoms with Crippen LogP contribution in [0.2, 0.25) is 0 Å². The zero-order valence-corrected chi connectivity index (χ0v) is 12.0. The number of ether oxygens (including phenoxy) is 1. The third-order valence-corrected chi connectivity index (χ3v) is 3.59. The van der Waals surface area contributed by atoms with E-state index in [1.165, 1.54) is 38.0 Å². The van der Waals surface area contributed by atoms with E-state index in [4.69, 9.17) is 4.74 Å². The number of likely N-dealkylation sites (tertiary alicyclic amines) is 1. The Balaban J connectivity index is 1.62. The van der Waals surface area contributed by atoms with Crippen molar-refractivity contribution in [3.8, 4) is 5.75 Å². The van der Waals surface area contributed by atoms with E-state index in [1.807, 2.05) is 0 Å². The first-order valence-electron chi connectivity index (χ1n) is 7.53. The Morgan fingerprint density at radius 3 is 2.58 bits per heavy atom. The summed E-state index contributed by atoms with van der Waals surface area (Å²) < 4.78 is 5.78. The molecule has 0 spiro atoms.